The van der Waals surface area contributed by atoms with Crippen LogP contribution in [0.3, 0.4) is 0 Å². The van der Waals surface area contributed by atoms with E-state index in [1.54, 1.807) is 0 Å². The highest BCUT2D eigenvalue weighted by Crippen LogP contribution is 2.14. The van der Waals surface area contributed by atoms with Gasteiger partial charge in [0.2, 0.25) is 0 Å². The minimum absolute atomic E-state index is 0.653. The standard InChI is InChI=1S/C10H14.C9H7F2NO3.C2H6/c1-8(2)10-6-4-5-9(3)7-10;10-5-2-1-3-6(11)8(5)9(15)12-4-7(13)14;1-2/h4-8H,1-3H3;1-3H,4H2,(H,12,15)(H,13,14);1-2H3. The molecule has 2 rings (SSSR count). The lowest BCUT2D eigenvalue weighted by Crippen LogP contribution is -2.30. The Kier molecular flexibility index (Phi) is 11.3. The number of rotatable bonds is 4. The molecular formula is C21H27F2NO3. The van der Waals surface area contributed by atoms with Gasteiger partial charge in [-0.15, -0.1) is 0 Å². The van der Waals surface area contributed by atoms with Gasteiger partial charge in [-0.1, -0.05) is 63.6 Å². The van der Waals surface area contributed by atoms with Gasteiger partial charge in [0.05, 0.1) is 0 Å². The third-order valence-corrected chi connectivity index (χ3v) is 3.30. The molecule has 2 aromatic carbocycles. The van der Waals surface area contributed by atoms with Crippen molar-refractivity contribution in [2.75, 3.05) is 6.54 Å². The number of hydrogen-bond donors (Lipinski definition) is 2. The number of aryl methyl sites for hydroxylation is 1. The number of aliphatic carboxylic acids is 1. The summed E-state index contributed by atoms with van der Waals surface area (Å²) < 4.78 is 26.0. The van der Waals surface area contributed by atoms with Gasteiger partial charge in [-0.3, -0.25) is 9.59 Å². The Morgan fingerprint density at radius 2 is 1.56 bits per heavy atom. The van der Waals surface area contributed by atoms with E-state index in [0.717, 1.165) is 18.2 Å². The molecule has 0 spiro atoms. The maximum atomic E-state index is 13.0. The lowest BCUT2D eigenvalue weighted by molar-refractivity contribution is -0.135. The fraction of sp³-hybridized carbons (Fsp3) is 0.333. The monoisotopic (exact) mass is 379 g/mol. The van der Waals surface area contributed by atoms with Crippen molar-refractivity contribution >= 4 is 11.9 Å². The van der Waals surface area contributed by atoms with Crippen LogP contribution in [0.25, 0.3) is 0 Å². The van der Waals surface area contributed by atoms with Crippen LogP contribution in [0.15, 0.2) is 42.5 Å². The summed E-state index contributed by atoms with van der Waals surface area (Å²) >= 11 is 0. The number of nitrogens with one attached hydrogen (secondary N) is 1. The minimum Gasteiger partial charge on any atom is -0.480 e. The van der Waals surface area contributed by atoms with Crippen molar-refractivity contribution < 1.29 is 23.5 Å². The third-order valence-electron chi connectivity index (χ3n) is 3.30. The number of amides is 1. The molecule has 0 aliphatic heterocycles. The number of halogens is 2. The summed E-state index contributed by atoms with van der Waals surface area (Å²) in [5.41, 5.74) is 2.00. The van der Waals surface area contributed by atoms with Crippen molar-refractivity contribution in [1.29, 1.82) is 0 Å². The van der Waals surface area contributed by atoms with Crippen molar-refractivity contribution in [3.05, 3.63) is 70.8 Å². The Hall–Kier alpha value is -2.76. The molecule has 0 aliphatic carbocycles. The van der Waals surface area contributed by atoms with Crippen LogP contribution in [0.1, 0.15) is 55.1 Å². The first-order valence-corrected chi connectivity index (χ1v) is 8.73. The van der Waals surface area contributed by atoms with E-state index in [1.165, 1.54) is 11.1 Å². The van der Waals surface area contributed by atoms with Gasteiger partial charge >= 0.3 is 5.97 Å². The summed E-state index contributed by atoms with van der Waals surface area (Å²) in [4.78, 5) is 21.2. The van der Waals surface area contributed by atoms with E-state index >= 15 is 0 Å². The first-order chi connectivity index (χ1) is 12.7. The predicted molar refractivity (Wildman–Crippen MR) is 103 cm³/mol. The fourth-order valence-electron chi connectivity index (χ4n) is 1.99. The zero-order valence-corrected chi connectivity index (χ0v) is 16.3. The number of benzene rings is 2. The Morgan fingerprint density at radius 1 is 1.04 bits per heavy atom. The second kappa shape index (κ2) is 12.6. The summed E-state index contributed by atoms with van der Waals surface area (Å²) in [6.07, 6.45) is 0. The van der Waals surface area contributed by atoms with Crippen molar-refractivity contribution in [1.82, 2.24) is 5.32 Å². The molecule has 0 atom stereocenters. The van der Waals surface area contributed by atoms with Crippen molar-refractivity contribution in [3.8, 4) is 0 Å². The SMILES string of the molecule is CC.Cc1cccc(C(C)C)c1.O=C(O)CNC(=O)c1c(F)cccc1F. The molecule has 6 heteroatoms. The van der Waals surface area contributed by atoms with E-state index in [9.17, 15) is 18.4 Å². The van der Waals surface area contributed by atoms with Gasteiger partial charge in [0.1, 0.15) is 23.7 Å². The molecule has 2 N–H and O–H groups in total. The molecule has 148 valence electrons. The molecule has 0 saturated carbocycles. The van der Waals surface area contributed by atoms with Gasteiger partial charge in [0.25, 0.3) is 5.91 Å². The van der Waals surface area contributed by atoms with E-state index < -0.39 is 35.6 Å². The average Bonchev–Trinajstić information content (AvgIpc) is 2.62. The summed E-state index contributed by atoms with van der Waals surface area (Å²) in [6.45, 7) is 9.88. The Bertz CT molecular complexity index is 726. The lowest BCUT2D eigenvalue weighted by Gasteiger charge is -2.04. The fourth-order valence-corrected chi connectivity index (χ4v) is 1.99. The number of carbonyl (C=O) groups is 2. The summed E-state index contributed by atoms with van der Waals surface area (Å²) in [7, 11) is 0. The normalized spacial score (nSPS) is 9.48. The van der Waals surface area contributed by atoms with Gasteiger partial charge in [0.15, 0.2) is 0 Å². The first kappa shape index (κ1) is 24.2. The van der Waals surface area contributed by atoms with Gasteiger partial charge in [-0.05, 0) is 30.5 Å². The van der Waals surface area contributed by atoms with Crippen LogP contribution in [-0.4, -0.2) is 23.5 Å². The number of carboxylic acid groups (broad SMARTS) is 1. The highest BCUT2D eigenvalue weighted by molar-refractivity contribution is 5.96. The van der Waals surface area contributed by atoms with E-state index in [0.29, 0.717) is 5.92 Å². The average molecular weight is 379 g/mol. The lowest BCUT2D eigenvalue weighted by atomic mass is 10.0. The van der Waals surface area contributed by atoms with E-state index in [2.05, 4.69) is 45.0 Å². The zero-order valence-electron chi connectivity index (χ0n) is 16.3. The second-order valence-electron chi connectivity index (χ2n) is 5.74. The highest BCUT2D eigenvalue weighted by Gasteiger charge is 2.16. The summed E-state index contributed by atoms with van der Waals surface area (Å²) in [6, 6.07) is 11.6. The van der Waals surface area contributed by atoms with Crippen molar-refractivity contribution in [3.63, 3.8) is 0 Å². The number of carbonyl (C=O) groups excluding carboxylic acids is 1. The van der Waals surface area contributed by atoms with Crippen LogP contribution in [0.2, 0.25) is 0 Å². The predicted octanol–water partition coefficient (Wildman–Crippen LogP) is 4.92. The van der Waals surface area contributed by atoms with E-state index in [4.69, 9.17) is 5.11 Å². The van der Waals surface area contributed by atoms with Gasteiger partial charge in [-0.2, -0.15) is 0 Å². The maximum Gasteiger partial charge on any atom is 0.322 e. The van der Waals surface area contributed by atoms with Crippen molar-refractivity contribution in [2.24, 2.45) is 0 Å². The first-order valence-electron chi connectivity index (χ1n) is 8.73. The summed E-state index contributed by atoms with van der Waals surface area (Å²) in [5.74, 6) is -3.79. The molecular weight excluding hydrogens is 352 g/mol. The second-order valence-corrected chi connectivity index (χ2v) is 5.74. The minimum atomic E-state index is -1.29. The van der Waals surface area contributed by atoms with Crippen LogP contribution in [0.4, 0.5) is 8.78 Å². The molecule has 0 bridgehead atoms. The van der Waals surface area contributed by atoms with Crippen LogP contribution in [0.5, 0.6) is 0 Å². The Balaban J connectivity index is 0.000000488. The molecule has 0 radical (unpaired) electrons. The van der Waals surface area contributed by atoms with Crippen LogP contribution >= 0.6 is 0 Å². The Morgan fingerprint density at radius 3 is 1.96 bits per heavy atom. The molecule has 0 saturated heterocycles. The smallest absolute Gasteiger partial charge is 0.322 e. The molecule has 0 aromatic heterocycles. The van der Waals surface area contributed by atoms with E-state index in [1.807, 2.05) is 19.2 Å². The Labute approximate surface area is 159 Å². The topological polar surface area (TPSA) is 66.4 Å². The van der Waals surface area contributed by atoms with Crippen LogP contribution in [0, 0.1) is 18.6 Å². The molecule has 4 nitrogen and oxygen atoms in total. The van der Waals surface area contributed by atoms with E-state index in [-0.39, 0.29) is 0 Å². The maximum absolute atomic E-state index is 13.0. The molecule has 0 aliphatic rings. The number of hydrogen-bond acceptors (Lipinski definition) is 2. The number of carboxylic acids is 1. The molecule has 2 aromatic rings. The summed E-state index contributed by atoms with van der Waals surface area (Å²) in [5, 5.41) is 10.1. The molecule has 0 heterocycles. The molecule has 0 fully saturated rings. The molecule has 0 unspecified atom stereocenters. The zero-order chi connectivity index (χ0) is 21.0. The van der Waals surface area contributed by atoms with Crippen LogP contribution < -0.4 is 5.32 Å². The molecule has 27 heavy (non-hydrogen) atoms. The van der Waals surface area contributed by atoms with Gasteiger partial charge in [-0.25, -0.2) is 8.78 Å². The third kappa shape index (κ3) is 8.94. The highest BCUT2D eigenvalue weighted by atomic mass is 19.1. The molecule has 1 amide bonds. The van der Waals surface area contributed by atoms with Gasteiger partial charge < -0.3 is 10.4 Å². The van der Waals surface area contributed by atoms with Gasteiger partial charge in [0, 0.05) is 0 Å². The quantitative estimate of drug-likeness (QED) is 0.792. The largest absolute Gasteiger partial charge is 0.480 e. The van der Waals surface area contributed by atoms with Crippen molar-refractivity contribution in [2.45, 2.75) is 40.5 Å². The van der Waals surface area contributed by atoms with Crippen LogP contribution in [-0.2, 0) is 4.79 Å².